The Kier molecular flexibility index (Phi) is 4.77. The fourth-order valence-corrected chi connectivity index (χ4v) is 2.73. The molecule has 4 heteroatoms. The van der Waals surface area contributed by atoms with Gasteiger partial charge >= 0.3 is 0 Å². The van der Waals surface area contributed by atoms with Gasteiger partial charge in [0.2, 0.25) is 5.91 Å². The predicted octanol–water partition coefficient (Wildman–Crippen LogP) is 2.21. The Morgan fingerprint density at radius 1 is 1.30 bits per heavy atom. The molecule has 1 atom stereocenters. The number of ketones is 1. The molecule has 1 heterocycles. The van der Waals surface area contributed by atoms with Gasteiger partial charge in [0, 0.05) is 19.0 Å². The maximum Gasteiger partial charge on any atom is 0.227 e. The molecule has 0 spiro atoms. The minimum atomic E-state index is 0.0956. The van der Waals surface area contributed by atoms with Gasteiger partial charge in [-0.15, -0.1) is 0 Å². The monoisotopic (exact) mass is 275 g/mol. The van der Waals surface area contributed by atoms with E-state index >= 15 is 0 Å². The van der Waals surface area contributed by atoms with Crippen LogP contribution >= 0.6 is 0 Å². The van der Waals surface area contributed by atoms with Crippen molar-refractivity contribution < 1.29 is 14.3 Å². The average Bonchev–Trinajstić information content (AvgIpc) is 2.87. The van der Waals surface area contributed by atoms with Gasteiger partial charge in [-0.3, -0.25) is 9.59 Å². The predicted molar refractivity (Wildman–Crippen MR) is 76.7 cm³/mol. The number of ether oxygens (including phenoxy) is 1. The Balaban J connectivity index is 1.97. The van der Waals surface area contributed by atoms with Crippen molar-refractivity contribution in [2.75, 3.05) is 13.7 Å². The second-order valence-corrected chi connectivity index (χ2v) is 5.31. The molecule has 2 rings (SSSR count). The first kappa shape index (κ1) is 14.6. The number of carbonyl (C=O) groups excluding carboxylic acids is 2. The summed E-state index contributed by atoms with van der Waals surface area (Å²) in [4.78, 5) is 25.5. The summed E-state index contributed by atoms with van der Waals surface area (Å²) < 4.78 is 5.10. The van der Waals surface area contributed by atoms with Crippen molar-refractivity contribution in [2.24, 2.45) is 0 Å². The number of benzene rings is 1. The SMILES string of the molecule is COc1ccc(CC(=O)N2CCCC2CC(C)=O)cc1. The Morgan fingerprint density at radius 3 is 2.60 bits per heavy atom. The lowest BCUT2D eigenvalue weighted by Crippen LogP contribution is -2.37. The van der Waals surface area contributed by atoms with E-state index in [0.29, 0.717) is 12.8 Å². The van der Waals surface area contributed by atoms with Crippen LogP contribution in [0.25, 0.3) is 0 Å². The highest BCUT2D eigenvalue weighted by molar-refractivity contribution is 5.81. The van der Waals surface area contributed by atoms with Crippen molar-refractivity contribution >= 4 is 11.7 Å². The number of Topliss-reactive ketones (excluding diaryl/α,β-unsaturated/α-hetero) is 1. The van der Waals surface area contributed by atoms with E-state index in [2.05, 4.69) is 0 Å². The molecule has 1 aromatic carbocycles. The van der Waals surface area contributed by atoms with Gasteiger partial charge in [-0.25, -0.2) is 0 Å². The van der Waals surface area contributed by atoms with Crippen molar-refractivity contribution in [2.45, 2.75) is 38.6 Å². The molecule has 20 heavy (non-hydrogen) atoms. The number of likely N-dealkylation sites (tertiary alicyclic amines) is 1. The standard InChI is InChI=1S/C16H21NO3/c1-12(18)10-14-4-3-9-17(14)16(19)11-13-5-7-15(20-2)8-6-13/h5-8,14H,3-4,9-11H2,1-2H3. The topological polar surface area (TPSA) is 46.6 Å². The Morgan fingerprint density at radius 2 is 2.00 bits per heavy atom. The Bertz CT molecular complexity index is 481. The molecule has 0 radical (unpaired) electrons. The third kappa shape index (κ3) is 3.59. The van der Waals surface area contributed by atoms with Crippen LogP contribution in [0, 0.1) is 0 Å². The molecule has 1 amide bonds. The van der Waals surface area contributed by atoms with Crippen molar-refractivity contribution in [1.29, 1.82) is 0 Å². The average molecular weight is 275 g/mol. The van der Waals surface area contributed by atoms with Crippen LogP contribution in [-0.4, -0.2) is 36.3 Å². The number of amides is 1. The van der Waals surface area contributed by atoms with Crippen molar-refractivity contribution in [3.8, 4) is 5.75 Å². The first-order valence-electron chi connectivity index (χ1n) is 7.02. The summed E-state index contributed by atoms with van der Waals surface area (Å²) in [6.45, 7) is 2.36. The van der Waals surface area contributed by atoms with Crippen LogP contribution in [0.5, 0.6) is 5.75 Å². The largest absolute Gasteiger partial charge is 0.497 e. The van der Waals surface area contributed by atoms with Crippen LogP contribution in [0.15, 0.2) is 24.3 Å². The molecule has 1 aliphatic rings. The second-order valence-electron chi connectivity index (χ2n) is 5.31. The molecule has 1 aromatic rings. The van der Waals surface area contributed by atoms with Gasteiger partial charge in [0.1, 0.15) is 11.5 Å². The summed E-state index contributed by atoms with van der Waals surface area (Å²) >= 11 is 0. The summed E-state index contributed by atoms with van der Waals surface area (Å²) in [6, 6.07) is 7.64. The summed E-state index contributed by atoms with van der Waals surface area (Å²) in [6.07, 6.45) is 2.80. The Hall–Kier alpha value is -1.84. The van der Waals surface area contributed by atoms with Crippen molar-refractivity contribution in [3.63, 3.8) is 0 Å². The molecule has 1 unspecified atom stereocenters. The molecule has 1 saturated heterocycles. The summed E-state index contributed by atoms with van der Waals surface area (Å²) in [5.74, 6) is 1.05. The van der Waals surface area contributed by atoms with Crippen molar-refractivity contribution in [1.82, 2.24) is 4.90 Å². The van der Waals surface area contributed by atoms with Gasteiger partial charge in [0.25, 0.3) is 0 Å². The molecule has 0 saturated carbocycles. The van der Waals surface area contributed by atoms with Gasteiger partial charge in [0.15, 0.2) is 0 Å². The molecule has 4 nitrogen and oxygen atoms in total. The van der Waals surface area contributed by atoms with E-state index in [0.717, 1.165) is 30.7 Å². The lowest BCUT2D eigenvalue weighted by Gasteiger charge is -2.24. The van der Waals surface area contributed by atoms with Gasteiger partial charge in [-0.2, -0.15) is 0 Å². The highest BCUT2D eigenvalue weighted by atomic mass is 16.5. The van der Waals surface area contributed by atoms with E-state index in [1.165, 1.54) is 0 Å². The van der Waals surface area contributed by atoms with Gasteiger partial charge < -0.3 is 9.64 Å². The molecular weight excluding hydrogens is 254 g/mol. The molecular formula is C16H21NO3. The number of carbonyl (C=O) groups is 2. The number of rotatable bonds is 5. The molecule has 1 fully saturated rings. The molecule has 1 aliphatic heterocycles. The van der Waals surface area contributed by atoms with Crippen LogP contribution in [-0.2, 0) is 16.0 Å². The van der Waals surface area contributed by atoms with Crippen LogP contribution in [0.2, 0.25) is 0 Å². The maximum atomic E-state index is 12.3. The van der Waals surface area contributed by atoms with E-state index in [9.17, 15) is 9.59 Å². The normalized spacial score (nSPS) is 18.1. The quantitative estimate of drug-likeness (QED) is 0.827. The van der Waals surface area contributed by atoms with Crippen LogP contribution in [0.1, 0.15) is 31.7 Å². The number of hydrogen-bond donors (Lipinski definition) is 0. The van der Waals surface area contributed by atoms with E-state index in [-0.39, 0.29) is 17.7 Å². The Labute approximate surface area is 119 Å². The highest BCUT2D eigenvalue weighted by Gasteiger charge is 2.29. The van der Waals surface area contributed by atoms with Gasteiger partial charge in [-0.1, -0.05) is 12.1 Å². The van der Waals surface area contributed by atoms with Gasteiger partial charge in [-0.05, 0) is 37.5 Å². The fourth-order valence-electron chi connectivity index (χ4n) is 2.73. The minimum Gasteiger partial charge on any atom is -0.497 e. The molecule has 0 aliphatic carbocycles. The van der Waals surface area contributed by atoms with Crippen LogP contribution < -0.4 is 4.74 Å². The zero-order valence-corrected chi connectivity index (χ0v) is 12.1. The minimum absolute atomic E-state index is 0.0956. The first-order valence-corrected chi connectivity index (χ1v) is 7.02. The van der Waals surface area contributed by atoms with Crippen molar-refractivity contribution in [3.05, 3.63) is 29.8 Å². The zero-order chi connectivity index (χ0) is 14.5. The van der Waals surface area contributed by atoms with Crippen LogP contribution in [0.4, 0.5) is 0 Å². The summed E-state index contributed by atoms with van der Waals surface area (Å²) in [5, 5.41) is 0. The lowest BCUT2D eigenvalue weighted by atomic mass is 10.1. The highest BCUT2D eigenvalue weighted by Crippen LogP contribution is 2.22. The van der Waals surface area contributed by atoms with E-state index < -0.39 is 0 Å². The first-order chi connectivity index (χ1) is 9.60. The summed E-state index contributed by atoms with van der Waals surface area (Å²) in [5.41, 5.74) is 0.976. The maximum absolute atomic E-state index is 12.3. The number of nitrogens with zero attached hydrogens (tertiary/aromatic N) is 1. The van der Waals surface area contributed by atoms with Gasteiger partial charge in [0.05, 0.1) is 13.5 Å². The van der Waals surface area contributed by atoms with E-state index in [4.69, 9.17) is 4.74 Å². The van der Waals surface area contributed by atoms with Crippen LogP contribution in [0.3, 0.4) is 0 Å². The summed E-state index contributed by atoms with van der Waals surface area (Å²) in [7, 11) is 1.62. The molecule has 0 bridgehead atoms. The number of hydrogen-bond acceptors (Lipinski definition) is 3. The third-order valence-corrected chi connectivity index (χ3v) is 3.73. The fraction of sp³-hybridized carbons (Fsp3) is 0.500. The lowest BCUT2D eigenvalue weighted by molar-refractivity contribution is -0.132. The number of methoxy groups -OCH3 is 1. The van der Waals surface area contributed by atoms with E-state index in [1.54, 1.807) is 14.0 Å². The van der Waals surface area contributed by atoms with E-state index in [1.807, 2.05) is 29.2 Å². The zero-order valence-electron chi connectivity index (χ0n) is 12.1. The molecule has 108 valence electrons. The molecule has 0 aromatic heterocycles. The molecule has 0 N–H and O–H groups in total. The second kappa shape index (κ2) is 6.55. The smallest absolute Gasteiger partial charge is 0.227 e. The third-order valence-electron chi connectivity index (χ3n) is 3.73.